The van der Waals surface area contributed by atoms with Crippen molar-refractivity contribution in [3.8, 4) is 0 Å². The largest absolute Gasteiger partial charge is 0.395 e. The summed E-state index contributed by atoms with van der Waals surface area (Å²) in [6, 6.07) is 4.11. The molecule has 0 bridgehead atoms. The molecule has 0 aliphatic rings. The van der Waals surface area contributed by atoms with Crippen molar-refractivity contribution in [3.05, 3.63) is 17.6 Å². The molecule has 2 aromatic rings. The van der Waals surface area contributed by atoms with Crippen molar-refractivity contribution in [2.24, 2.45) is 5.92 Å². The van der Waals surface area contributed by atoms with E-state index >= 15 is 0 Å². The highest BCUT2D eigenvalue weighted by atomic mass is 32.1. The fourth-order valence-corrected chi connectivity index (χ4v) is 2.29. The fraction of sp³-hybridized carbons (Fsp3) is 0.417. The van der Waals surface area contributed by atoms with Gasteiger partial charge in [-0.2, -0.15) is 0 Å². The maximum absolute atomic E-state index is 6.06. The Balaban J connectivity index is 2.15. The van der Waals surface area contributed by atoms with Crippen molar-refractivity contribution in [1.82, 2.24) is 4.98 Å². The minimum atomic E-state index is 0.705. The van der Waals surface area contributed by atoms with Gasteiger partial charge >= 0.3 is 0 Å². The molecule has 1 aromatic carbocycles. The quantitative estimate of drug-likeness (QED) is 0.799. The lowest BCUT2D eigenvalue weighted by atomic mass is 10.1. The smallest absolute Gasteiger partial charge is 0.106 e. The minimum Gasteiger partial charge on any atom is -0.395 e. The Morgan fingerprint density at radius 3 is 3.00 bits per heavy atom. The monoisotopic (exact) mass is 235 g/mol. The zero-order valence-corrected chi connectivity index (χ0v) is 10.5. The summed E-state index contributed by atoms with van der Waals surface area (Å²) in [6.45, 7) is 5.39. The number of fused-ring (bicyclic) bond motifs is 1. The summed E-state index contributed by atoms with van der Waals surface area (Å²) in [6.07, 6.45) is 1.15. The third kappa shape index (κ3) is 2.27. The molecule has 0 aliphatic heterocycles. The van der Waals surface area contributed by atoms with Gasteiger partial charge < -0.3 is 11.1 Å². The van der Waals surface area contributed by atoms with E-state index < -0.39 is 0 Å². The van der Waals surface area contributed by atoms with Gasteiger partial charge in [0.1, 0.15) is 5.52 Å². The number of aromatic nitrogens is 1. The molecule has 86 valence electrons. The standard InChI is InChI=1S/C12H17N3S/c1-8(2)5-6-14-9-3-4-10-12(11(9)13)15-7-16-10/h3-4,7-8,14H,5-6,13H2,1-2H3. The Morgan fingerprint density at radius 1 is 1.44 bits per heavy atom. The van der Waals surface area contributed by atoms with E-state index in [1.165, 1.54) is 0 Å². The van der Waals surface area contributed by atoms with Gasteiger partial charge in [0, 0.05) is 6.54 Å². The minimum absolute atomic E-state index is 0.705. The van der Waals surface area contributed by atoms with Crippen LogP contribution < -0.4 is 11.1 Å². The molecule has 3 nitrogen and oxygen atoms in total. The highest BCUT2D eigenvalue weighted by Crippen LogP contribution is 2.29. The second-order valence-corrected chi connectivity index (χ2v) is 5.22. The molecule has 2 rings (SSSR count). The van der Waals surface area contributed by atoms with Gasteiger partial charge in [-0.15, -0.1) is 11.3 Å². The molecule has 0 saturated carbocycles. The lowest BCUT2D eigenvalue weighted by molar-refractivity contribution is 0.607. The number of nitrogens with one attached hydrogen (secondary N) is 1. The van der Waals surface area contributed by atoms with Crippen molar-refractivity contribution >= 4 is 32.9 Å². The Hall–Kier alpha value is -1.29. The maximum Gasteiger partial charge on any atom is 0.106 e. The van der Waals surface area contributed by atoms with Crippen LogP contribution in [0.15, 0.2) is 17.6 Å². The van der Waals surface area contributed by atoms with Crippen molar-refractivity contribution in [2.45, 2.75) is 20.3 Å². The van der Waals surface area contributed by atoms with Crippen LogP contribution in [0.25, 0.3) is 10.2 Å². The predicted molar refractivity (Wildman–Crippen MR) is 72.0 cm³/mol. The number of hydrogen-bond acceptors (Lipinski definition) is 4. The third-order valence-corrected chi connectivity index (χ3v) is 3.37. The van der Waals surface area contributed by atoms with Crippen molar-refractivity contribution in [3.63, 3.8) is 0 Å². The average Bonchev–Trinajstić information content (AvgIpc) is 2.69. The summed E-state index contributed by atoms with van der Waals surface area (Å²) in [5.74, 6) is 0.705. The molecule has 0 radical (unpaired) electrons. The molecular weight excluding hydrogens is 218 g/mol. The van der Waals surface area contributed by atoms with Crippen LogP contribution in [-0.2, 0) is 0 Å². The number of thiazole rings is 1. The molecule has 4 heteroatoms. The van der Waals surface area contributed by atoms with Crippen LogP contribution in [0, 0.1) is 5.92 Å². The van der Waals surface area contributed by atoms with E-state index in [0.29, 0.717) is 5.92 Å². The lowest BCUT2D eigenvalue weighted by Crippen LogP contribution is -2.06. The molecule has 0 saturated heterocycles. The van der Waals surface area contributed by atoms with Gasteiger partial charge in [-0.25, -0.2) is 4.98 Å². The highest BCUT2D eigenvalue weighted by Gasteiger charge is 2.06. The number of nitrogens with zero attached hydrogens (tertiary/aromatic N) is 1. The van der Waals surface area contributed by atoms with Crippen LogP contribution in [0.2, 0.25) is 0 Å². The van der Waals surface area contributed by atoms with E-state index in [2.05, 4.69) is 30.2 Å². The van der Waals surface area contributed by atoms with Gasteiger partial charge in [0.2, 0.25) is 0 Å². The van der Waals surface area contributed by atoms with Crippen LogP contribution >= 0.6 is 11.3 Å². The predicted octanol–water partition coefficient (Wildman–Crippen LogP) is 3.34. The van der Waals surface area contributed by atoms with Gasteiger partial charge in [-0.3, -0.25) is 0 Å². The third-order valence-electron chi connectivity index (χ3n) is 2.58. The number of nitrogen functional groups attached to an aromatic ring is 1. The van der Waals surface area contributed by atoms with Crippen molar-refractivity contribution in [1.29, 1.82) is 0 Å². The lowest BCUT2D eigenvalue weighted by Gasteiger charge is -2.10. The van der Waals surface area contributed by atoms with Gasteiger partial charge in [0.25, 0.3) is 0 Å². The van der Waals surface area contributed by atoms with Gasteiger partial charge in [-0.05, 0) is 24.5 Å². The Labute approximate surface area is 99.7 Å². The van der Waals surface area contributed by atoms with Gasteiger partial charge in [-0.1, -0.05) is 13.8 Å². The van der Waals surface area contributed by atoms with Gasteiger partial charge in [0.05, 0.1) is 21.6 Å². The summed E-state index contributed by atoms with van der Waals surface area (Å²) in [5.41, 5.74) is 10.6. The van der Waals surface area contributed by atoms with Crippen molar-refractivity contribution < 1.29 is 0 Å². The fourth-order valence-electron chi connectivity index (χ4n) is 1.60. The molecule has 0 fully saturated rings. The summed E-state index contributed by atoms with van der Waals surface area (Å²) >= 11 is 1.62. The first-order chi connectivity index (χ1) is 7.68. The number of rotatable bonds is 4. The molecule has 0 amide bonds. The topological polar surface area (TPSA) is 50.9 Å². The second-order valence-electron chi connectivity index (χ2n) is 4.34. The maximum atomic E-state index is 6.06. The number of hydrogen-bond donors (Lipinski definition) is 2. The molecule has 0 spiro atoms. The van der Waals surface area contributed by atoms with Crippen LogP contribution in [0.4, 0.5) is 11.4 Å². The number of anilines is 2. The van der Waals surface area contributed by atoms with E-state index in [-0.39, 0.29) is 0 Å². The molecule has 0 atom stereocenters. The number of benzene rings is 1. The first kappa shape index (κ1) is 11.2. The van der Waals surface area contributed by atoms with E-state index in [1.54, 1.807) is 11.3 Å². The Kier molecular flexibility index (Phi) is 3.29. The van der Waals surface area contributed by atoms with E-state index in [0.717, 1.165) is 34.6 Å². The first-order valence-corrected chi connectivity index (χ1v) is 6.42. The Bertz CT molecular complexity index is 476. The van der Waals surface area contributed by atoms with Crippen LogP contribution in [0.5, 0.6) is 0 Å². The normalized spacial score (nSPS) is 11.2. The zero-order valence-electron chi connectivity index (χ0n) is 9.66. The summed E-state index contributed by atoms with van der Waals surface area (Å²) in [5, 5.41) is 3.37. The van der Waals surface area contributed by atoms with E-state index in [9.17, 15) is 0 Å². The first-order valence-electron chi connectivity index (χ1n) is 5.54. The van der Waals surface area contributed by atoms with E-state index in [1.807, 2.05) is 11.6 Å². The highest BCUT2D eigenvalue weighted by molar-refractivity contribution is 7.16. The molecule has 16 heavy (non-hydrogen) atoms. The SMILES string of the molecule is CC(C)CCNc1ccc2scnc2c1N. The van der Waals surface area contributed by atoms with Crippen LogP contribution in [-0.4, -0.2) is 11.5 Å². The number of nitrogens with two attached hydrogens (primary N) is 1. The molecule has 1 heterocycles. The summed E-state index contributed by atoms with van der Waals surface area (Å²) in [7, 11) is 0. The Morgan fingerprint density at radius 2 is 2.25 bits per heavy atom. The zero-order chi connectivity index (χ0) is 11.5. The molecule has 0 unspecified atom stereocenters. The second kappa shape index (κ2) is 4.70. The summed E-state index contributed by atoms with van der Waals surface area (Å²) < 4.78 is 1.15. The van der Waals surface area contributed by atoms with Crippen LogP contribution in [0.3, 0.4) is 0 Å². The van der Waals surface area contributed by atoms with E-state index in [4.69, 9.17) is 5.73 Å². The molecule has 0 aliphatic carbocycles. The summed E-state index contributed by atoms with van der Waals surface area (Å²) in [4.78, 5) is 4.28. The molecule has 1 aromatic heterocycles. The molecule has 3 N–H and O–H groups in total. The van der Waals surface area contributed by atoms with Crippen molar-refractivity contribution in [2.75, 3.05) is 17.6 Å². The van der Waals surface area contributed by atoms with Gasteiger partial charge in [0.15, 0.2) is 0 Å². The van der Waals surface area contributed by atoms with Crippen LogP contribution in [0.1, 0.15) is 20.3 Å². The average molecular weight is 235 g/mol. The molecular formula is C12H17N3S.